The van der Waals surface area contributed by atoms with Gasteiger partial charge in [-0.3, -0.25) is 0 Å². The topological polar surface area (TPSA) is 99.5 Å². The smallest absolute Gasteiger partial charge is 0.240 e. The molecule has 6 nitrogen and oxygen atoms in total. The molecular weight excluding hydrogens is 372 g/mol. The van der Waals surface area contributed by atoms with Crippen LogP contribution in [0.4, 0.5) is 0 Å². The zero-order valence-electron chi connectivity index (χ0n) is 14.0. The van der Waals surface area contributed by atoms with Crippen LogP contribution in [0.1, 0.15) is 17.5 Å². The number of phenolic OH excluding ortho intramolecular Hbond substituents is 2. The summed E-state index contributed by atoms with van der Waals surface area (Å²) in [6.45, 7) is 2.09. The number of nitrogens with one attached hydrogen (secondary N) is 1. The van der Waals surface area contributed by atoms with Crippen LogP contribution in [0.15, 0.2) is 52.7 Å². The molecule has 0 saturated heterocycles. The van der Waals surface area contributed by atoms with E-state index in [1.807, 2.05) is 6.92 Å². The van der Waals surface area contributed by atoms with Gasteiger partial charge in [0.25, 0.3) is 0 Å². The van der Waals surface area contributed by atoms with Gasteiger partial charge in [0.15, 0.2) is 11.5 Å². The molecule has 3 N–H and O–H groups in total. The van der Waals surface area contributed by atoms with E-state index >= 15 is 0 Å². The van der Waals surface area contributed by atoms with Crippen LogP contribution in [0.2, 0.25) is 0 Å². The lowest BCUT2D eigenvalue weighted by atomic mass is 10.1. The molecule has 26 heavy (non-hydrogen) atoms. The third-order valence-corrected chi connectivity index (χ3v) is 6.14. The fourth-order valence-electron chi connectivity index (χ4n) is 2.35. The predicted molar refractivity (Wildman–Crippen MR) is 101 cm³/mol. The largest absolute Gasteiger partial charge is 0.504 e. The van der Waals surface area contributed by atoms with Crippen LogP contribution in [0, 0.1) is 0 Å². The Morgan fingerprint density at radius 3 is 2.46 bits per heavy atom. The Morgan fingerprint density at radius 1 is 1.08 bits per heavy atom. The Hall–Kier alpha value is -2.42. The van der Waals surface area contributed by atoms with Crippen molar-refractivity contribution in [1.29, 1.82) is 0 Å². The van der Waals surface area contributed by atoms with Gasteiger partial charge in [-0.25, -0.2) is 18.1 Å². The Bertz CT molecular complexity index is 1010. The molecule has 0 aliphatic heterocycles. The maximum atomic E-state index is 12.4. The minimum absolute atomic E-state index is 0.0760. The maximum absolute atomic E-state index is 12.4. The number of hydrogen-bond acceptors (Lipinski definition) is 6. The number of nitrogens with zero attached hydrogens (tertiary/aromatic N) is 1. The molecule has 0 fully saturated rings. The Balaban J connectivity index is 1.71. The fourth-order valence-corrected chi connectivity index (χ4v) is 4.17. The number of phenols is 2. The lowest BCUT2D eigenvalue weighted by Gasteiger charge is -2.06. The molecule has 1 heterocycles. The van der Waals surface area contributed by atoms with Crippen LogP contribution in [0.3, 0.4) is 0 Å². The molecule has 0 aliphatic rings. The van der Waals surface area contributed by atoms with Crippen molar-refractivity contribution in [2.45, 2.75) is 24.8 Å². The lowest BCUT2D eigenvalue weighted by molar-refractivity contribution is 0.404. The van der Waals surface area contributed by atoms with Gasteiger partial charge in [0.05, 0.1) is 17.1 Å². The third kappa shape index (κ3) is 4.04. The van der Waals surface area contributed by atoms with Crippen LogP contribution in [-0.4, -0.2) is 23.6 Å². The Kier molecular flexibility index (Phi) is 5.26. The van der Waals surface area contributed by atoms with E-state index in [1.54, 1.807) is 35.7 Å². The van der Waals surface area contributed by atoms with Gasteiger partial charge in [-0.2, -0.15) is 0 Å². The van der Waals surface area contributed by atoms with E-state index in [9.17, 15) is 18.6 Å². The molecule has 0 spiro atoms. The highest BCUT2D eigenvalue weighted by atomic mass is 32.2. The second kappa shape index (κ2) is 7.45. The molecule has 0 aliphatic carbocycles. The van der Waals surface area contributed by atoms with E-state index in [4.69, 9.17) is 0 Å². The van der Waals surface area contributed by atoms with Gasteiger partial charge in [0.2, 0.25) is 10.0 Å². The monoisotopic (exact) mass is 390 g/mol. The summed E-state index contributed by atoms with van der Waals surface area (Å²) in [5.41, 5.74) is 2.32. The van der Waals surface area contributed by atoms with E-state index in [2.05, 4.69) is 9.71 Å². The lowest BCUT2D eigenvalue weighted by Crippen LogP contribution is -2.23. The summed E-state index contributed by atoms with van der Waals surface area (Å²) in [5, 5.41) is 21.3. The first-order chi connectivity index (χ1) is 12.4. The van der Waals surface area contributed by atoms with Crippen molar-refractivity contribution in [3.05, 3.63) is 58.4 Å². The SMILES string of the molecule is CCc1ccc(S(=O)(=O)NCc2nc(-c3ccc(O)c(O)c3)cs2)cc1. The average Bonchev–Trinajstić information content (AvgIpc) is 3.11. The minimum atomic E-state index is -3.61. The first kappa shape index (κ1) is 18.4. The minimum Gasteiger partial charge on any atom is -0.504 e. The molecule has 0 saturated carbocycles. The second-order valence-electron chi connectivity index (χ2n) is 5.65. The van der Waals surface area contributed by atoms with E-state index < -0.39 is 10.0 Å². The van der Waals surface area contributed by atoms with Crippen LogP contribution in [-0.2, 0) is 23.0 Å². The highest BCUT2D eigenvalue weighted by Crippen LogP contribution is 2.31. The van der Waals surface area contributed by atoms with Crippen LogP contribution in [0.5, 0.6) is 11.5 Å². The number of hydrogen-bond donors (Lipinski definition) is 3. The highest BCUT2D eigenvalue weighted by Gasteiger charge is 2.15. The van der Waals surface area contributed by atoms with Gasteiger partial charge in [-0.15, -0.1) is 11.3 Å². The molecule has 0 amide bonds. The summed E-state index contributed by atoms with van der Waals surface area (Å²) in [6, 6.07) is 11.2. The molecular formula is C18H18N2O4S2. The third-order valence-electron chi connectivity index (χ3n) is 3.88. The average molecular weight is 390 g/mol. The number of sulfonamides is 1. The van der Waals surface area contributed by atoms with Crippen molar-refractivity contribution in [3.63, 3.8) is 0 Å². The number of thiazole rings is 1. The molecule has 0 bridgehead atoms. The van der Waals surface area contributed by atoms with Gasteiger partial charge in [0, 0.05) is 10.9 Å². The quantitative estimate of drug-likeness (QED) is 0.561. The van der Waals surface area contributed by atoms with Crippen molar-refractivity contribution in [3.8, 4) is 22.8 Å². The number of aryl methyl sites for hydroxylation is 1. The summed E-state index contributed by atoms with van der Waals surface area (Å²) in [5.74, 6) is -0.431. The van der Waals surface area contributed by atoms with Gasteiger partial charge < -0.3 is 10.2 Å². The van der Waals surface area contributed by atoms with Crippen molar-refractivity contribution in [1.82, 2.24) is 9.71 Å². The summed E-state index contributed by atoms with van der Waals surface area (Å²) in [4.78, 5) is 4.59. The van der Waals surface area contributed by atoms with Crippen LogP contribution < -0.4 is 4.72 Å². The zero-order valence-corrected chi connectivity index (χ0v) is 15.6. The Labute approximate surface area is 155 Å². The van der Waals surface area contributed by atoms with Gasteiger partial charge in [-0.1, -0.05) is 19.1 Å². The number of aromatic nitrogens is 1. The normalized spacial score (nSPS) is 11.6. The molecule has 2 aromatic carbocycles. The number of rotatable bonds is 6. The summed E-state index contributed by atoms with van der Waals surface area (Å²) < 4.78 is 27.3. The van der Waals surface area contributed by atoms with Gasteiger partial charge in [0.1, 0.15) is 5.01 Å². The van der Waals surface area contributed by atoms with Crippen molar-refractivity contribution < 1.29 is 18.6 Å². The van der Waals surface area contributed by atoms with E-state index in [1.165, 1.54) is 23.5 Å². The van der Waals surface area contributed by atoms with E-state index in [-0.39, 0.29) is 22.9 Å². The maximum Gasteiger partial charge on any atom is 0.240 e. The summed E-state index contributed by atoms with van der Waals surface area (Å²) in [7, 11) is -3.61. The van der Waals surface area contributed by atoms with E-state index in [0.29, 0.717) is 16.3 Å². The predicted octanol–water partition coefficient (Wildman–Crippen LogP) is 3.26. The van der Waals surface area contributed by atoms with Crippen LogP contribution >= 0.6 is 11.3 Å². The number of benzene rings is 2. The molecule has 1 aromatic heterocycles. The summed E-state index contributed by atoms with van der Waals surface area (Å²) >= 11 is 1.31. The number of aromatic hydroxyl groups is 2. The molecule has 136 valence electrons. The first-order valence-electron chi connectivity index (χ1n) is 7.94. The highest BCUT2D eigenvalue weighted by molar-refractivity contribution is 7.89. The summed E-state index contributed by atoms with van der Waals surface area (Å²) in [6.07, 6.45) is 0.850. The first-order valence-corrected chi connectivity index (χ1v) is 10.3. The van der Waals surface area contributed by atoms with Crippen LogP contribution in [0.25, 0.3) is 11.3 Å². The molecule has 0 radical (unpaired) electrons. The van der Waals surface area contributed by atoms with Crippen molar-refractivity contribution in [2.24, 2.45) is 0 Å². The molecule has 0 unspecified atom stereocenters. The Morgan fingerprint density at radius 2 is 1.81 bits per heavy atom. The second-order valence-corrected chi connectivity index (χ2v) is 8.36. The van der Waals surface area contributed by atoms with E-state index in [0.717, 1.165) is 12.0 Å². The zero-order chi connectivity index (χ0) is 18.7. The molecule has 8 heteroatoms. The molecule has 0 atom stereocenters. The van der Waals surface area contributed by atoms with Gasteiger partial charge >= 0.3 is 0 Å². The van der Waals surface area contributed by atoms with Gasteiger partial charge in [-0.05, 0) is 42.3 Å². The fraction of sp³-hybridized carbons (Fsp3) is 0.167. The standard InChI is InChI=1S/C18H18N2O4S2/c1-2-12-3-6-14(7-4-12)26(23,24)19-10-18-20-15(11-25-18)13-5-8-16(21)17(22)9-13/h3-9,11,19,21-22H,2,10H2,1H3. The molecule has 3 aromatic rings. The van der Waals surface area contributed by atoms with Crippen molar-refractivity contribution >= 4 is 21.4 Å². The molecule has 3 rings (SSSR count). The van der Waals surface area contributed by atoms with Crippen molar-refractivity contribution in [2.75, 3.05) is 0 Å².